The van der Waals surface area contributed by atoms with E-state index in [-0.39, 0.29) is 38.8 Å². The van der Waals surface area contributed by atoms with Crippen LogP contribution in [0.15, 0.2) is 23.1 Å². The zero-order valence-corrected chi connectivity index (χ0v) is 17.9. The number of hydrogen-bond acceptors (Lipinski definition) is 5. The minimum absolute atomic E-state index is 0.0161. The molecule has 3 amide bonds. The van der Waals surface area contributed by atoms with Crippen LogP contribution in [-0.4, -0.2) is 68.3 Å². The monoisotopic (exact) mass is 470 g/mol. The molecule has 8 nitrogen and oxygen atoms in total. The molecule has 0 aromatic heterocycles. The Labute approximate surface area is 177 Å². The Bertz CT molecular complexity index is 901. The molecule has 0 spiro atoms. The molecule has 13 heteroatoms. The van der Waals surface area contributed by atoms with Gasteiger partial charge in [-0.05, 0) is 32.0 Å². The second-order valence-corrected chi connectivity index (χ2v) is 9.34. The third-order valence-corrected chi connectivity index (χ3v) is 6.48. The molecule has 1 aromatic carbocycles. The number of rotatable bonds is 5. The van der Waals surface area contributed by atoms with Crippen molar-refractivity contribution in [1.82, 2.24) is 19.8 Å². The number of alkyl halides is 3. The van der Waals surface area contributed by atoms with Crippen LogP contribution in [0.3, 0.4) is 0 Å². The number of piperazine rings is 1. The average Bonchev–Trinajstić information content (AvgIpc) is 2.60. The highest BCUT2D eigenvalue weighted by Gasteiger charge is 2.36. The van der Waals surface area contributed by atoms with E-state index in [1.807, 2.05) is 0 Å². The number of imide groups is 1. The minimum atomic E-state index is -4.78. The lowest BCUT2D eigenvalue weighted by Crippen LogP contribution is -2.52. The highest BCUT2D eigenvalue weighted by molar-refractivity contribution is 7.89. The molecule has 0 aliphatic carbocycles. The van der Waals surface area contributed by atoms with Crippen LogP contribution in [0, 0.1) is 0 Å². The first kappa shape index (κ1) is 24.4. The van der Waals surface area contributed by atoms with E-state index < -0.39 is 43.6 Å². The van der Waals surface area contributed by atoms with Gasteiger partial charge in [0.1, 0.15) is 0 Å². The van der Waals surface area contributed by atoms with Crippen molar-refractivity contribution < 1.29 is 31.2 Å². The first-order valence-electron chi connectivity index (χ1n) is 9.00. The Morgan fingerprint density at radius 3 is 2.30 bits per heavy atom. The number of nitrogens with one attached hydrogen (secondary N) is 2. The lowest BCUT2D eigenvalue weighted by Gasteiger charge is -2.33. The number of hydrogen-bond donors (Lipinski definition) is 2. The van der Waals surface area contributed by atoms with E-state index in [0.29, 0.717) is 6.07 Å². The standard InChI is InChI=1S/C17H22ClF3N4O4S/c1-11(2)22-16(27)23-15(26)10-24-5-7-25(8-6-24)30(28,29)12-3-4-14(18)13(9-12)17(19,20)21/h3-4,9,11H,5-8,10H2,1-2H3,(H2,22,23,26,27). The molecule has 2 rings (SSSR count). The summed E-state index contributed by atoms with van der Waals surface area (Å²) in [7, 11) is -4.16. The van der Waals surface area contributed by atoms with Gasteiger partial charge in [0.05, 0.1) is 22.0 Å². The zero-order valence-electron chi connectivity index (χ0n) is 16.3. The molecular weight excluding hydrogens is 449 g/mol. The first-order chi connectivity index (χ1) is 13.8. The van der Waals surface area contributed by atoms with Gasteiger partial charge in [-0.15, -0.1) is 0 Å². The van der Waals surface area contributed by atoms with E-state index in [0.717, 1.165) is 16.4 Å². The van der Waals surface area contributed by atoms with Crippen molar-refractivity contribution >= 4 is 33.6 Å². The lowest BCUT2D eigenvalue weighted by atomic mass is 10.2. The molecule has 0 radical (unpaired) electrons. The number of urea groups is 1. The van der Waals surface area contributed by atoms with Crippen LogP contribution in [-0.2, 0) is 21.0 Å². The van der Waals surface area contributed by atoms with Crippen molar-refractivity contribution in [2.45, 2.75) is 31.0 Å². The number of nitrogens with zero attached hydrogens (tertiary/aromatic N) is 2. The Hall–Kier alpha value is -1.89. The number of halogens is 4. The van der Waals surface area contributed by atoms with Gasteiger partial charge < -0.3 is 5.32 Å². The summed E-state index contributed by atoms with van der Waals surface area (Å²) in [5, 5.41) is 4.09. The van der Waals surface area contributed by atoms with Gasteiger partial charge in [-0.3, -0.25) is 15.0 Å². The number of amides is 3. The summed E-state index contributed by atoms with van der Waals surface area (Å²) in [6.45, 7) is 3.69. The average molecular weight is 471 g/mol. The van der Waals surface area contributed by atoms with Gasteiger partial charge in [-0.25, -0.2) is 13.2 Å². The second-order valence-electron chi connectivity index (χ2n) is 7.00. The van der Waals surface area contributed by atoms with E-state index in [2.05, 4.69) is 10.6 Å². The summed E-state index contributed by atoms with van der Waals surface area (Å²) < 4.78 is 65.6. The molecule has 1 heterocycles. The van der Waals surface area contributed by atoms with Gasteiger partial charge >= 0.3 is 12.2 Å². The molecule has 1 aliphatic rings. The predicted molar refractivity (Wildman–Crippen MR) is 103 cm³/mol. The Balaban J connectivity index is 1.99. The van der Waals surface area contributed by atoms with Gasteiger partial charge in [0, 0.05) is 32.2 Å². The molecule has 168 valence electrons. The van der Waals surface area contributed by atoms with Gasteiger partial charge in [0.15, 0.2) is 0 Å². The normalized spacial score (nSPS) is 16.5. The molecule has 0 unspecified atom stereocenters. The van der Waals surface area contributed by atoms with E-state index in [1.54, 1.807) is 18.7 Å². The highest BCUT2D eigenvalue weighted by atomic mass is 35.5. The van der Waals surface area contributed by atoms with E-state index in [1.165, 1.54) is 0 Å². The number of carbonyl (C=O) groups excluding carboxylic acids is 2. The molecule has 30 heavy (non-hydrogen) atoms. The smallest absolute Gasteiger partial charge is 0.336 e. The minimum Gasteiger partial charge on any atom is -0.336 e. The van der Waals surface area contributed by atoms with Crippen LogP contribution >= 0.6 is 11.6 Å². The molecule has 0 bridgehead atoms. The van der Waals surface area contributed by atoms with Gasteiger partial charge in [0.2, 0.25) is 15.9 Å². The molecule has 1 aromatic rings. The summed E-state index contributed by atoms with van der Waals surface area (Å²) in [4.78, 5) is 24.6. The van der Waals surface area contributed by atoms with Crippen molar-refractivity contribution in [3.05, 3.63) is 28.8 Å². The van der Waals surface area contributed by atoms with Gasteiger partial charge in [0.25, 0.3) is 0 Å². The van der Waals surface area contributed by atoms with Crippen LogP contribution in [0.1, 0.15) is 19.4 Å². The maximum atomic E-state index is 13.0. The number of sulfonamides is 1. The van der Waals surface area contributed by atoms with Crippen molar-refractivity contribution in [3.63, 3.8) is 0 Å². The fourth-order valence-electron chi connectivity index (χ4n) is 2.83. The quantitative estimate of drug-likeness (QED) is 0.685. The fourth-order valence-corrected chi connectivity index (χ4v) is 4.50. The highest BCUT2D eigenvalue weighted by Crippen LogP contribution is 2.36. The number of benzene rings is 1. The molecule has 0 saturated carbocycles. The third-order valence-electron chi connectivity index (χ3n) is 4.25. The number of carbonyl (C=O) groups is 2. The lowest BCUT2D eigenvalue weighted by molar-refractivity contribution is -0.137. The van der Waals surface area contributed by atoms with Crippen LogP contribution in [0.5, 0.6) is 0 Å². The first-order valence-corrected chi connectivity index (χ1v) is 10.8. The van der Waals surface area contributed by atoms with Crippen molar-refractivity contribution in [2.75, 3.05) is 32.7 Å². The molecule has 0 atom stereocenters. The predicted octanol–water partition coefficient (Wildman–Crippen LogP) is 1.90. The zero-order chi connectivity index (χ0) is 22.7. The van der Waals surface area contributed by atoms with Crippen LogP contribution in [0.2, 0.25) is 5.02 Å². The summed E-state index contributed by atoms with van der Waals surface area (Å²) in [5.41, 5.74) is -1.22. The summed E-state index contributed by atoms with van der Waals surface area (Å²) in [6.07, 6.45) is -4.78. The van der Waals surface area contributed by atoms with Gasteiger partial charge in [-0.2, -0.15) is 17.5 Å². The molecule has 1 fully saturated rings. The Morgan fingerprint density at radius 1 is 1.17 bits per heavy atom. The van der Waals surface area contributed by atoms with Crippen molar-refractivity contribution in [2.24, 2.45) is 0 Å². The maximum absolute atomic E-state index is 13.0. The molecule has 1 aliphatic heterocycles. The fraction of sp³-hybridized carbons (Fsp3) is 0.529. The summed E-state index contributed by atoms with van der Waals surface area (Å²) in [5.74, 6) is -0.544. The summed E-state index contributed by atoms with van der Waals surface area (Å²) in [6, 6.07) is 1.68. The molecule has 1 saturated heterocycles. The topological polar surface area (TPSA) is 98.8 Å². The summed E-state index contributed by atoms with van der Waals surface area (Å²) >= 11 is 5.55. The van der Waals surface area contributed by atoms with E-state index in [9.17, 15) is 31.2 Å². The Kier molecular flexibility index (Phi) is 7.72. The van der Waals surface area contributed by atoms with Crippen molar-refractivity contribution in [1.29, 1.82) is 0 Å². The second kappa shape index (κ2) is 9.50. The SMILES string of the molecule is CC(C)NC(=O)NC(=O)CN1CCN(S(=O)(=O)c2ccc(Cl)c(C(F)(F)F)c2)CC1. The van der Waals surface area contributed by atoms with E-state index >= 15 is 0 Å². The molecular formula is C17H22ClF3N4O4S. The van der Waals surface area contributed by atoms with Gasteiger partial charge in [-0.1, -0.05) is 11.6 Å². The van der Waals surface area contributed by atoms with E-state index in [4.69, 9.17) is 11.6 Å². The van der Waals surface area contributed by atoms with Crippen LogP contribution in [0.25, 0.3) is 0 Å². The largest absolute Gasteiger partial charge is 0.417 e. The third kappa shape index (κ3) is 6.30. The Morgan fingerprint density at radius 2 is 1.77 bits per heavy atom. The van der Waals surface area contributed by atoms with Crippen LogP contribution in [0.4, 0.5) is 18.0 Å². The molecule has 2 N–H and O–H groups in total. The maximum Gasteiger partial charge on any atom is 0.417 e. The van der Waals surface area contributed by atoms with Crippen molar-refractivity contribution in [3.8, 4) is 0 Å². The van der Waals surface area contributed by atoms with Crippen LogP contribution < -0.4 is 10.6 Å².